The molecule has 0 aliphatic rings. The predicted molar refractivity (Wildman–Crippen MR) is 116 cm³/mol. The van der Waals surface area contributed by atoms with Gasteiger partial charge in [0, 0.05) is 13.6 Å². The summed E-state index contributed by atoms with van der Waals surface area (Å²) in [5, 5.41) is 9.44. The van der Waals surface area contributed by atoms with Crippen molar-refractivity contribution < 1.29 is 9.90 Å². The van der Waals surface area contributed by atoms with Crippen molar-refractivity contribution in [3.05, 3.63) is 20.8 Å². The van der Waals surface area contributed by atoms with Gasteiger partial charge < -0.3 is 9.67 Å². The molecule has 0 aliphatic heterocycles. The van der Waals surface area contributed by atoms with Crippen molar-refractivity contribution in [2.24, 2.45) is 7.05 Å². The Hall–Kier alpha value is -2.03. The number of carboxylic acid groups (broad SMARTS) is 1. The molecule has 0 aromatic carbocycles. The fourth-order valence-corrected chi connectivity index (χ4v) is 4.16. The summed E-state index contributed by atoms with van der Waals surface area (Å²) in [7, 11) is 1.55. The SMILES string of the molecule is CCCCCCCCCCCCn1c(SCC(=O)O)nc2c1c(=O)[nH]c(=O)n2C. The van der Waals surface area contributed by atoms with Gasteiger partial charge in [0.25, 0.3) is 5.56 Å². The number of carboxylic acids is 1. The van der Waals surface area contributed by atoms with Gasteiger partial charge in [-0.05, 0) is 6.42 Å². The minimum Gasteiger partial charge on any atom is -0.481 e. The second-order valence-electron chi connectivity index (χ2n) is 7.40. The number of aromatic nitrogens is 4. The number of H-pyrrole nitrogens is 1. The zero-order valence-corrected chi connectivity index (χ0v) is 18.2. The third kappa shape index (κ3) is 6.76. The van der Waals surface area contributed by atoms with Crippen molar-refractivity contribution in [2.75, 3.05) is 5.75 Å². The van der Waals surface area contributed by atoms with Gasteiger partial charge in [-0.2, -0.15) is 0 Å². The summed E-state index contributed by atoms with van der Waals surface area (Å²) in [6.45, 7) is 2.80. The monoisotopic (exact) mass is 424 g/mol. The van der Waals surface area contributed by atoms with Crippen LogP contribution in [0.3, 0.4) is 0 Å². The van der Waals surface area contributed by atoms with Crippen LogP contribution in [0.5, 0.6) is 0 Å². The first-order chi connectivity index (χ1) is 14.0. The number of unbranched alkanes of at least 4 members (excludes halogenated alkanes) is 9. The molecule has 2 rings (SSSR count). The standard InChI is InChI=1S/C20H32N4O4S/c1-3-4-5-6-7-8-9-10-11-12-13-24-16-17(21-20(24)29-14-15(25)26)23(2)19(28)22-18(16)27/h3-14H2,1-2H3,(H,25,26)(H,22,27,28). The average Bonchev–Trinajstić information content (AvgIpc) is 3.05. The van der Waals surface area contributed by atoms with Gasteiger partial charge in [0.1, 0.15) is 0 Å². The summed E-state index contributed by atoms with van der Waals surface area (Å²) in [5.41, 5.74) is -0.389. The lowest BCUT2D eigenvalue weighted by Crippen LogP contribution is -2.29. The summed E-state index contributed by atoms with van der Waals surface area (Å²) in [6.07, 6.45) is 12.1. The third-order valence-corrected chi connectivity index (χ3v) is 5.99. The van der Waals surface area contributed by atoms with E-state index in [9.17, 15) is 14.4 Å². The molecule has 29 heavy (non-hydrogen) atoms. The Kier molecular flexibility index (Phi) is 9.50. The molecule has 0 bridgehead atoms. The van der Waals surface area contributed by atoms with E-state index >= 15 is 0 Å². The third-order valence-electron chi connectivity index (χ3n) is 5.03. The van der Waals surface area contributed by atoms with Crippen LogP contribution in [0.25, 0.3) is 11.2 Å². The minimum atomic E-state index is -0.949. The normalized spacial score (nSPS) is 11.4. The number of nitrogens with zero attached hydrogens (tertiary/aromatic N) is 3. The molecule has 9 heteroatoms. The van der Waals surface area contributed by atoms with E-state index in [1.807, 2.05) is 0 Å². The molecule has 0 radical (unpaired) electrons. The van der Waals surface area contributed by atoms with Crippen molar-refractivity contribution in [1.29, 1.82) is 0 Å². The molecule has 0 aliphatic carbocycles. The van der Waals surface area contributed by atoms with Crippen LogP contribution in [0.15, 0.2) is 14.7 Å². The number of carbonyl (C=O) groups is 1. The molecule has 0 spiro atoms. The van der Waals surface area contributed by atoms with Gasteiger partial charge in [0.15, 0.2) is 16.3 Å². The smallest absolute Gasteiger partial charge is 0.329 e. The Morgan fingerprint density at radius 1 is 1.03 bits per heavy atom. The van der Waals surface area contributed by atoms with Crippen LogP contribution in [-0.4, -0.2) is 35.9 Å². The van der Waals surface area contributed by atoms with Crippen molar-refractivity contribution in [2.45, 2.75) is 82.8 Å². The highest BCUT2D eigenvalue weighted by molar-refractivity contribution is 7.99. The van der Waals surface area contributed by atoms with E-state index in [4.69, 9.17) is 5.11 Å². The summed E-state index contributed by atoms with van der Waals surface area (Å²) >= 11 is 1.07. The van der Waals surface area contributed by atoms with E-state index in [2.05, 4.69) is 16.9 Å². The number of hydrogen-bond acceptors (Lipinski definition) is 5. The lowest BCUT2D eigenvalue weighted by molar-refractivity contribution is -0.133. The highest BCUT2D eigenvalue weighted by Crippen LogP contribution is 2.22. The van der Waals surface area contributed by atoms with Crippen LogP contribution in [0.2, 0.25) is 0 Å². The Bertz CT molecular complexity index is 916. The first kappa shape index (κ1) is 23.3. The predicted octanol–water partition coefficient (Wildman–Crippen LogP) is 3.52. The fraction of sp³-hybridized carbons (Fsp3) is 0.700. The lowest BCUT2D eigenvalue weighted by Gasteiger charge is -2.08. The number of hydrogen-bond donors (Lipinski definition) is 2. The molecular weight excluding hydrogens is 392 g/mol. The topological polar surface area (TPSA) is 110 Å². The Morgan fingerprint density at radius 2 is 1.62 bits per heavy atom. The van der Waals surface area contributed by atoms with Crippen LogP contribution >= 0.6 is 11.8 Å². The molecule has 2 heterocycles. The Labute approximate surface area is 174 Å². The van der Waals surface area contributed by atoms with E-state index in [1.54, 1.807) is 11.6 Å². The second kappa shape index (κ2) is 11.8. The number of aliphatic carboxylic acids is 1. The largest absolute Gasteiger partial charge is 0.481 e. The number of nitrogens with one attached hydrogen (secondary N) is 1. The van der Waals surface area contributed by atoms with Crippen LogP contribution in [0.4, 0.5) is 0 Å². The molecule has 0 saturated carbocycles. The number of aryl methyl sites for hydroxylation is 2. The van der Waals surface area contributed by atoms with E-state index in [-0.39, 0.29) is 5.75 Å². The van der Waals surface area contributed by atoms with Gasteiger partial charge in [-0.3, -0.25) is 19.1 Å². The van der Waals surface area contributed by atoms with Gasteiger partial charge in [0.05, 0.1) is 5.75 Å². The maximum absolute atomic E-state index is 12.4. The van der Waals surface area contributed by atoms with Crippen LogP contribution in [0.1, 0.15) is 71.1 Å². The molecule has 162 valence electrons. The van der Waals surface area contributed by atoms with E-state index in [1.165, 1.54) is 49.5 Å². The quantitative estimate of drug-likeness (QED) is 0.355. The summed E-state index contributed by atoms with van der Waals surface area (Å²) < 4.78 is 3.04. The second-order valence-corrected chi connectivity index (χ2v) is 8.34. The number of fused-ring (bicyclic) bond motifs is 1. The Morgan fingerprint density at radius 3 is 2.21 bits per heavy atom. The molecular formula is C20H32N4O4S. The van der Waals surface area contributed by atoms with Gasteiger partial charge in [-0.25, -0.2) is 9.78 Å². The molecule has 2 N–H and O–H groups in total. The molecule has 8 nitrogen and oxygen atoms in total. The van der Waals surface area contributed by atoms with Crippen LogP contribution in [0, 0.1) is 0 Å². The molecule has 0 fully saturated rings. The maximum Gasteiger partial charge on any atom is 0.329 e. The molecule has 2 aromatic rings. The summed E-state index contributed by atoms with van der Waals surface area (Å²) in [6, 6.07) is 0. The first-order valence-electron chi connectivity index (χ1n) is 10.5. The lowest BCUT2D eigenvalue weighted by atomic mass is 10.1. The highest BCUT2D eigenvalue weighted by Gasteiger charge is 2.18. The molecule has 0 unspecified atom stereocenters. The molecule has 2 aromatic heterocycles. The van der Waals surface area contributed by atoms with Gasteiger partial charge in [-0.15, -0.1) is 0 Å². The van der Waals surface area contributed by atoms with Crippen LogP contribution < -0.4 is 11.2 Å². The van der Waals surface area contributed by atoms with E-state index in [0.717, 1.165) is 31.0 Å². The van der Waals surface area contributed by atoms with Crippen molar-refractivity contribution in [1.82, 2.24) is 19.1 Å². The van der Waals surface area contributed by atoms with Crippen molar-refractivity contribution in [3.8, 4) is 0 Å². The summed E-state index contributed by atoms with van der Waals surface area (Å²) in [5.74, 6) is -1.09. The zero-order valence-electron chi connectivity index (χ0n) is 17.4. The number of rotatable bonds is 14. The maximum atomic E-state index is 12.4. The number of imidazole rings is 1. The minimum absolute atomic E-state index is 0.146. The van der Waals surface area contributed by atoms with E-state index < -0.39 is 17.2 Å². The van der Waals surface area contributed by atoms with Gasteiger partial charge in [-0.1, -0.05) is 76.5 Å². The summed E-state index contributed by atoms with van der Waals surface area (Å²) in [4.78, 5) is 41.8. The molecule has 0 amide bonds. The van der Waals surface area contributed by atoms with Gasteiger partial charge >= 0.3 is 11.7 Å². The first-order valence-corrected chi connectivity index (χ1v) is 11.5. The van der Waals surface area contributed by atoms with Crippen molar-refractivity contribution >= 4 is 28.9 Å². The van der Waals surface area contributed by atoms with E-state index in [0.29, 0.717) is 22.9 Å². The number of aromatic amines is 1. The molecule has 0 atom stereocenters. The zero-order chi connectivity index (χ0) is 21.2. The fourth-order valence-electron chi connectivity index (χ4n) is 3.42. The molecule has 0 saturated heterocycles. The number of thioether (sulfide) groups is 1. The van der Waals surface area contributed by atoms with Gasteiger partial charge in [0.2, 0.25) is 0 Å². The Balaban J connectivity index is 1.97. The average molecular weight is 425 g/mol. The van der Waals surface area contributed by atoms with Crippen molar-refractivity contribution in [3.63, 3.8) is 0 Å². The highest BCUT2D eigenvalue weighted by atomic mass is 32.2. The van der Waals surface area contributed by atoms with Crippen LogP contribution in [-0.2, 0) is 18.4 Å².